The fourth-order valence-corrected chi connectivity index (χ4v) is 2.66. The summed E-state index contributed by atoms with van der Waals surface area (Å²) in [6.45, 7) is 1.97. The van der Waals surface area contributed by atoms with Crippen LogP contribution >= 0.6 is 27.5 Å². The van der Waals surface area contributed by atoms with Crippen molar-refractivity contribution in [1.82, 2.24) is 0 Å². The smallest absolute Gasteiger partial charge is 0.129 e. The third-order valence-corrected chi connectivity index (χ3v) is 3.41. The minimum Gasteiger partial charge on any atom is -0.320 e. The number of halogens is 3. The van der Waals surface area contributed by atoms with Crippen LogP contribution < -0.4 is 5.73 Å². The zero-order valence-corrected chi connectivity index (χ0v) is 12.1. The lowest BCUT2D eigenvalue weighted by atomic mass is 9.98. The summed E-state index contributed by atoms with van der Waals surface area (Å²) in [6, 6.07) is 9.87. The Morgan fingerprint density at radius 2 is 1.94 bits per heavy atom. The number of benzene rings is 2. The molecule has 0 spiro atoms. The largest absolute Gasteiger partial charge is 0.320 e. The van der Waals surface area contributed by atoms with Crippen LogP contribution in [0.15, 0.2) is 40.9 Å². The topological polar surface area (TPSA) is 26.0 Å². The number of aryl methyl sites for hydroxylation is 1. The van der Waals surface area contributed by atoms with E-state index in [-0.39, 0.29) is 5.82 Å². The molecule has 0 saturated heterocycles. The molecule has 0 aliphatic rings. The van der Waals surface area contributed by atoms with Crippen molar-refractivity contribution in [3.05, 3.63) is 68.4 Å². The van der Waals surface area contributed by atoms with Gasteiger partial charge in [-0.05, 0) is 42.3 Å². The first kappa shape index (κ1) is 13.5. The van der Waals surface area contributed by atoms with Gasteiger partial charge in [0.15, 0.2) is 0 Å². The van der Waals surface area contributed by atoms with Crippen LogP contribution in [0.1, 0.15) is 22.7 Å². The van der Waals surface area contributed by atoms with Crippen molar-refractivity contribution in [3.8, 4) is 0 Å². The van der Waals surface area contributed by atoms with E-state index < -0.39 is 6.04 Å². The molecule has 18 heavy (non-hydrogen) atoms. The Kier molecular flexibility index (Phi) is 4.05. The molecule has 0 aliphatic heterocycles. The van der Waals surface area contributed by atoms with E-state index in [0.29, 0.717) is 10.6 Å². The van der Waals surface area contributed by atoms with Gasteiger partial charge in [0.05, 0.1) is 6.04 Å². The van der Waals surface area contributed by atoms with E-state index in [1.807, 2.05) is 25.1 Å². The van der Waals surface area contributed by atoms with Crippen LogP contribution in [0.2, 0.25) is 5.02 Å². The van der Waals surface area contributed by atoms with Gasteiger partial charge in [-0.2, -0.15) is 0 Å². The molecule has 2 aromatic carbocycles. The molecule has 2 rings (SSSR count). The van der Waals surface area contributed by atoms with Gasteiger partial charge in [-0.3, -0.25) is 0 Å². The quantitative estimate of drug-likeness (QED) is 0.856. The SMILES string of the molecule is Cc1cc(Br)cc(C(N)c2ccc(Cl)cc2F)c1. The van der Waals surface area contributed by atoms with Crippen LogP contribution in [0, 0.1) is 12.7 Å². The van der Waals surface area contributed by atoms with Crippen LogP contribution in [0.3, 0.4) is 0 Å². The number of rotatable bonds is 2. The standard InChI is InChI=1S/C14H12BrClFN/c1-8-4-9(6-10(15)5-8)14(18)12-3-2-11(16)7-13(12)17/h2-7,14H,18H2,1H3. The molecule has 1 unspecified atom stereocenters. The lowest BCUT2D eigenvalue weighted by Crippen LogP contribution is -2.13. The Morgan fingerprint density at radius 3 is 2.56 bits per heavy atom. The van der Waals surface area contributed by atoms with Gasteiger partial charge in [0, 0.05) is 15.1 Å². The zero-order valence-electron chi connectivity index (χ0n) is 9.75. The molecule has 2 aromatic rings. The lowest BCUT2D eigenvalue weighted by Gasteiger charge is -2.15. The summed E-state index contributed by atoms with van der Waals surface area (Å²) in [5.41, 5.74) is 8.48. The summed E-state index contributed by atoms with van der Waals surface area (Å²) in [5, 5.41) is 0.369. The normalized spacial score (nSPS) is 12.5. The first-order chi connectivity index (χ1) is 8.47. The molecule has 0 aromatic heterocycles. The Morgan fingerprint density at radius 1 is 1.22 bits per heavy atom. The van der Waals surface area contributed by atoms with Crippen LogP contribution in [-0.4, -0.2) is 0 Å². The second-order valence-electron chi connectivity index (χ2n) is 4.21. The molecule has 0 bridgehead atoms. The first-order valence-corrected chi connectivity index (χ1v) is 6.62. The summed E-state index contributed by atoms with van der Waals surface area (Å²) >= 11 is 9.14. The Balaban J connectivity index is 2.44. The maximum atomic E-state index is 13.8. The highest BCUT2D eigenvalue weighted by molar-refractivity contribution is 9.10. The first-order valence-electron chi connectivity index (χ1n) is 5.45. The van der Waals surface area contributed by atoms with E-state index in [4.69, 9.17) is 17.3 Å². The summed E-state index contributed by atoms with van der Waals surface area (Å²) in [5.74, 6) is -0.382. The maximum Gasteiger partial charge on any atom is 0.129 e. The number of hydrogen-bond donors (Lipinski definition) is 1. The average molecular weight is 329 g/mol. The molecule has 0 saturated carbocycles. The molecule has 1 nitrogen and oxygen atoms in total. The van der Waals surface area contributed by atoms with E-state index >= 15 is 0 Å². The van der Waals surface area contributed by atoms with Crippen LogP contribution in [0.5, 0.6) is 0 Å². The average Bonchev–Trinajstić information content (AvgIpc) is 2.26. The zero-order chi connectivity index (χ0) is 13.3. The minimum absolute atomic E-state index is 0.369. The monoisotopic (exact) mass is 327 g/mol. The lowest BCUT2D eigenvalue weighted by molar-refractivity contribution is 0.599. The Hall–Kier alpha value is -0.900. The number of hydrogen-bond acceptors (Lipinski definition) is 1. The summed E-state index contributed by atoms with van der Waals surface area (Å²) in [4.78, 5) is 0. The van der Waals surface area contributed by atoms with Gasteiger partial charge in [-0.15, -0.1) is 0 Å². The van der Waals surface area contributed by atoms with Gasteiger partial charge < -0.3 is 5.73 Å². The van der Waals surface area contributed by atoms with Crippen molar-refractivity contribution in [3.63, 3.8) is 0 Å². The summed E-state index contributed by atoms with van der Waals surface area (Å²) < 4.78 is 14.7. The third kappa shape index (κ3) is 2.91. The minimum atomic E-state index is -0.501. The van der Waals surface area contributed by atoms with Crippen LogP contribution in [0.25, 0.3) is 0 Å². The van der Waals surface area contributed by atoms with Gasteiger partial charge in [-0.1, -0.05) is 39.7 Å². The van der Waals surface area contributed by atoms with Gasteiger partial charge in [0.1, 0.15) is 5.82 Å². The van der Waals surface area contributed by atoms with Gasteiger partial charge in [0.2, 0.25) is 0 Å². The van der Waals surface area contributed by atoms with E-state index in [1.54, 1.807) is 12.1 Å². The number of nitrogens with two attached hydrogens (primary N) is 1. The molecule has 0 radical (unpaired) electrons. The van der Waals surface area contributed by atoms with E-state index in [2.05, 4.69) is 15.9 Å². The molecule has 2 N–H and O–H groups in total. The van der Waals surface area contributed by atoms with Crippen LogP contribution in [-0.2, 0) is 0 Å². The molecule has 0 heterocycles. The van der Waals surface area contributed by atoms with Crippen molar-refractivity contribution in [2.75, 3.05) is 0 Å². The molecule has 4 heteroatoms. The van der Waals surface area contributed by atoms with Crippen molar-refractivity contribution in [2.45, 2.75) is 13.0 Å². The Bertz CT molecular complexity index is 566. The van der Waals surface area contributed by atoms with Gasteiger partial charge >= 0.3 is 0 Å². The van der Waals surface area contributed by atoms with Crippen molar-refractivity contribution < 1.29 is 4.39 Å². The van der Waals surface area contributed by atoms with Crippen molar-refractivity contribution in [1.29, 1.82) is 0 Å². The van der Waals surface area contributed by atoms with Crippen molar-refractivity contribution in [2.24, 2.45) is 5.73 Å². The molecule has 0 amide bonds. The highest BCUT2D eigenvalue weighted by Crippen LogP contribution is 2.27. The third-order valence-electron chi connectivity index (χ3n) is 2.72. The molecule has 0 fully saturated rings. The molecular weight excluding hydrogens is 317 g/mol. The van der Waals surface area contributed by atoms with E-state index in [1.165, 1.54) is 6.07 Å². The summed E-state index contributed by atoms with van der Waals surface area (Å²) in [6.07, 6.45) is 0. The van der Waals surface area contributed by atoms with Crippen molar-refractivity contribution >= 4 is 27.5 Å². The second-order valence-corrected chi connectivity index (χ2v) is 5.56. The van der Waals surface area contributed by atoms with E-state index in [9.17, 15) is 4.39 Å². The Labute approximate surface area is 119 Å². The van der Waals surface area contributed by atoms with Gasteiger partial charge in [0.25, 0.3) is 0 Å². The highest BCUT2D eigenvalue weighted by atomic mass is 79.9. The second kappa shape index (κ2) is 5.39. The molecule has 1 atom stereocenters. The highest BCUT2D eigenvalue weighted by Gasteiger charge is 2.14. The maximum absolute atomic E-state index is 13.8. The predicted octanol–water partition coefficient (Wildman–Crippen LogP) is 4.60. The molecular formula is C14H12BrClFN. The predicted molar refractivity (Wildman–Crippen MR) is 76.3 cm³/mol. The molecule has 94 valence electrons. The fourth-order valence-electron chi connectivity index (χ4n) is 1.88. The summed E-state index contributed by atoms with van der Waals surface area (Å²) in [7, 11) is 0. The van der Waals surface area contributed by atoms with E-state index in [0.717, 1.165) is 15.6 Å². The van der Waals surface area contributed by atoms with Crippen LogP contribution in [0.4, 0.5) is 4.39 Å². The molecule has 0 aliphatic carbocycles. The fraction of sp³-hybridized carbons (Fsp3) is 0.143. The van der Waals surface area contributed by atoms with Gasteiger partial charge in [-0.25, -0.2) is 4.39 Å².